The Hall–Kier alpha value is -4.18. The van der Waals surface area contributed by atoms with E-state index in [1.807, 2.05) is 0 Å². The van der Waals surface area contributed by atoms with Gasteiger partial charge < -0.3 is 33.5 Å². The van der Waals surface area contributed by atoms with Crippen molar-refractivity contribution in [2.45, 2.75) is 114 Å². The molecule has 0 radical (unpaired) electrons. The van der Waals surface area contributed by atoms with Crippen molar-refractivity contribution in [3.05, 3.63) is 136 Å². The lowest BCUT2D eigenvalue weighted by Gasteiger charge is -2.59. The van der Waals surface area contributed by atoms with Crippen LogP contribution in [-0.2, 0) is 47.6 Å². The fourth-order valence-electron chi connectivity index (χ4n) is 12.1. The number of hydrogen-bond donors (Lipinski definition) is 1. The lowest BCUT2D eigenvalue weighted by atomic mass is 9.48. The molecule has 4 atom stereocenters. The van der Waals surface area contributed by atoms with Gasteiger partial charge in [0.25, 0.3) is 0 Å². The Morgan fingerprint density at radius 2 is 0.838 bits per heavy atom. The maximum Gasteiger partial charge on any atom is 0.377 e. The minimum Gasteiger partial charge on any atom is -0.465 e. The first-order chi connectivity index (χ1) is 35.1. The van der Waals surface area contributed by atoms with Crippen molar-refractivity contribution in [2.24, 2.45) is 34.5 Å². The van der Waals surface area contributed by atoms with Crippen molar-refractivity contribution < 1.29 is 113 Å². The van der Waals surface area contributed by atoms with Crippen LogP contribution in [0, 0.1) is 48.8 Å². The van der Waals surface area contributed by atoms with E-state index in [-0.39, 0.29) is 86.2 Å². The lowest BCUT2D eigenvalue weighted by molar-refractivity contribution is -0.597. The number of hydrogen-bond acceptors (Lipinski definition) is 11. The average molecular weight is 1260 g/mol. The van der Waals surface area contributed by atoms with Crippen molar-refractivity contribution in [3.8, 4) is 0 Å². The Bertz CT molecular complexity index is 2240. The van der Waals surface area contributed by atoms with E-state index in [1.165, 1.54) is 34.9 Å². The first-order valence-electron chi connectivity index (χ1n) is 24.7. The van der Waals surface area contributed by atoms with E-state index in [9.17, 15) is 41.8 Å². The molecule has 8 fully saturated rings. The number of benzene rings is 4. The number of methoxy groups -OCH3 is 3. The van der Waals surface area contributed by atoms with Gasteiger partial charge in [0, 0.05) is 34.5 Å². The predicted molar refractivity (Wildman–Crippen MR) is 258 cm³/mol. The highest BCUT2D eigenvalue weighted by molar-refractivity contribution is 5.80. The number of esters is 4. The standard InChI is InChI=1S/C16H22F2O5.C13H20O4.2C12H10I.C4H6F2O2/c1-14(17,18)12(19)23-16-6-10-3-11(7-16)5-15(4-10,8-16)13(20)22-9-21-2;1-16-8-17-11(14)12-3-9-2-10(4-12)6-13(15,5-9)7-12;2*1-3-7-11(8-4-1)13-12-9-5-2-6-10-12;1-4(5,6)3(7)8-2/h10-11H,3-9H2,1-2H3;9-10,15H,2-8H2,1H3;2*1-10H;1-2H3/q;;2*+1;. The summed E-state index contributed by atoms with van der Waals surface area (Å²) < 4.78 is 84.5. The van der Waals surface area contributed by atoms with Crippen LogP contribution in [0.1, 0.15) is 90.9 Å². The van der Waals surface area contributed by atoms with E-state index in [0.29, 0.717) is 57.8 Å². The van der Waals surface area contributed by atoms with Gasteiger partial charge in [0.1, 0.15) is 5.60 Å². The van der Waals surface area contributed by atoms with Crippen LogP contribution in [-0.4, -0.2) is 86.9 Å². The Morgan fingerprint density at radius 3 is 1.12 bits per heavy atom. The Balaban J connectivity index is 0.000000157. The highest BCUT2D eigenvalue weighted by Gasteiger charge is 2.64. The zero-order chi connectivity index (χ0) is 53.6. The molecule has 0 aliphatic heterocycles. The number of halogens is 6. The van der Waals surface area contributed by atoms with E-state index in [4.69, 9.17) is 23.7 Å². The van der Waals surface area contributed by atoms with Crippen LogP contribution in [0.2, 0.25) is 0 Å². The van der Waals surface area contributed by atoms with Crippen molar-refractivity contribution in [1.82, 2.24) is 0 Å². The number of carbonyl (C=O) groups is 4. The monoisotopic (exact) mass is 1260 g/mol. The van der Waals surface area contributed by atoms with Crippen molar-refractivity contribution in [3.63, 3.8) is 0 Å². The first-order valence-corrected chi connectivity index (χ1v) is 29.1. The van der Waals surface area contributed by atoms with Gasteiger partial charge in [0.05, 0.1) is 23.5 Å². The van der Waals surface area contributed by atoms with Crippen LogP contribution in [0.25, 0.3) is 0 Å². The van der Waals surface area contributed by atoms with Gasteiger partial charge >= 0.3 is 78.1 Å². The van der Waals surface area contributed by atoms with Crippen molar-refractivity contribution >= 4 is 23.9 Å². The number of rotatable bonds is 13. The quantitative estimate of drug-likeness (QED) is 0.0662. The summed E-state index contributed by atoms with van der Waals surface area (Å²) in [7, 11) is 3.86. The summed E-state index contributed by atoms with van der Waals surface area (Å²) in [6.07, 6.45) is 9.03. The number of alkyl halides is 4. The molecule has 74 heavy (non-hydrogen) atoms. The SMILES string of the molecule is COC(=O)C(C)(F)F.COCOC(=O)C12CC3CC(CC(O)(C3)C1)C2.COCOC(=O)C12CC3CC(CC(OC(=O)C(C)(F)F)(C3)C1)C2.c1ccc([I+]c2ccccc2)cc1.c1ccc([I+]c2ccccc2)cc1. The first kappa shape index (κ1) is 59.1. The second-order valence-corrected chi connectivity index (χ2v) is 26.7. The highest BCUT2D eigenvalue weighted by atomic mass is 127. The molecular formula is C57H68F4I2O11+2. The summed E-state index contributed by atoms with van der Waals surface area (Å²) in [4.78, 5) is 46.2. The van der Waals surface area contributed by atoms with Gasteiger partial charge in [0.2, 0.25) is 0 Å². The third-order valence-electron chi connectivity index (χ3n) is 14.1. The van der Waals surface area contributed by atoms with Gasteiger partial charge in [0.15, 0.2) is 27.9 Å². The molecule has 8 bridgehead atoms. The van der Waals surface area contributed by atoms with Crippen LogP contribution in [0.4, 0.5) is 17.6 Å². The second kappa shape index (κ2) is 26.2. The molecule has 0 heterocycles. The number of carbonyl (C=O) groups excluding carboxylic acids is 4. The molecule has 4 aromatic rings. The van der Waals surface area contributed by atoms with E-state index in [1.54, 1.807) is 0 Å². The summed E-state index contributed by atoms with van der Waals surface area (Å²) in [5.41, 5.74) is -2.70. The average Bonchev–Trinajstić information content (AvgIpc) is 3.35. The number of aliphatic hydroxyl groups is 1. The molecule has 0 spiro atoms. The minimum atomic E-state index is -3.52. The highest BCUT2D eigenvalue weighted by Crippen LogP contribution is 2.64. The van der Waals surface area contributed by atoms with E-state index in [0.717, 1.165) is 39.2 Å². The summed E-state index contributed by atoms with van der Waals surface area (Å²) in [5.74, 6) is -8.95. The molecule has 4 unspecified atom stereocenters. The van der Waals surface area contributed by atoms with E-state index >= 15 is 0 Å². The van der Waals surface area contributed by atoms with Crippen LogP contribution in [0.5, 0.6) is 0 Å². The Kier molecular flexibility index (Phi) is 21.0. The minimum absolute atomic E-state index is 0.0222. The third-order valence-corrected chi connectivity index (χ3v) is 19.5. The molecule has 8 aliphatic rings. The summed E-state index contributed by atoms with van der Waals surface area (Å²) in [5, 5.41) is 10.5. The molecule has 8 saturated carbocycles. The molecule has 8 aliphatic carbocycles. The van der Waals surface area contributed by atoms with Gasteiger partial charge in [-0.05, 0) is 143 Å². The molecule has 4 aromatic carbocycles. The molecule has 17 heteroatoms. The maximum absolute atomic E-state index is 13.2. The largest absolute Gasteiger partial charge is 0.465 e. The molecule has 402 valence electrons. The van der Waals surface area contributed by atoms with Crippen molar-refractivity contribution in [1.29, 1.82) is 0 Å². The fourth-order valence-corrected chi connectivity index (χ4v) is 16.7. The Morgan fingerprint density at radius 1 is 0.514 bits per heavy atom. The van der Waals surface area contributed by atoms with Gasteiger partial charge in [-0.15, -0.1) is 0 Å². The molecular weight excluding hydrogens is 1190 g/mol. The van der Waals surface area contributed by atoms with E-state index in [2.05, 4.69) is 126 Å². The second-order valence-electron chi connectivity index (χ2n) is 20.6. The van der Waals surface area contributed by atoms with E-state index < -0.39 is 45.8 Å². The van der Waals surface area contributed by atoms with Crippen molar-refractivity contribution in [2.75, 3.05) is 34.9 Å². The molecule has 1 N–H and O–H groups in total. The molecule has 11 nitrogen and oxygen atoms in total. The smallest absolute Gasteiger partial charge is 0.377 e. The summed E-state index contributed by atoms with van der Waals surface area (Å²) in [6, 6.07) is 42.8. The van der Waals surface area contributed by atoms with Crippen LogP contribution < -0.4 is 42.4 Å². The third kappa shape index (κ3) is 16.7. The number of ether oxygens (including phenoxy) is 6. The molecule has 12 rings (SSSR count). The zero-order valence-corrected chi connectivity index (χ0v) is 46.9. The van der Waals surface area contributed by atoms with Crippen LogP contribution >= 0.6 is 0 Å². The summed E-state index contributed by atoms with van der Waals surface area (Å²) >= 11 is 0.0574. The predicted octanol–water partition coefficient (Wildman–Crippen LogP) is 4.58. The van der Waals surface area contributed by atoms with Gasteiger partial charge in [-0.1, -0.05) is 72.8 Å². The summed E-state index contributed by atoms with van der Waals surface area (Å²) in [6.45, 7) is 0.918. The van der Waals surface area contributed by atoms with Gasteiger partial charge in [-0.2, -0.15) is 17.6 Å². The van der Waals surface area contributed by atoms with Gasteiger partial charge in [-0.25, -0.2) is 9.59 Å². The lowest BCUT2D eigenvalue weighted by Crippen LogP contribution is -3.61. The van der Waals surface area contributed by atoms with Crippen LogP contribution in [0.3, 0.4) is 0 Å². The van der Waals surface area contributed by atoms with Gasteiger partial charge in [-0.3, -0.25) is 9.59 Å². The normalized spacial score (nSPS) is 27.4. The topological polar surface area (TPSA) is 144 Å². The molecule has 0 amide bonds. The Labute approximate surface area is 452 Å². The molecule has 0 saturated heterocycles. The van der Waals surface area contributed by atoms with Crippen LogP contribution in [0.15, 0.2) is 121 Å². The fraction of sp³-hybridized carbons (Fsp3) is 0.509. The zero-order valence-electron chi connectivity index (χ0n) is 42.6. The molecule has 0 aromatic heterocycles. The maximum atomic E-state index is 13.2.